The predicted octanol–water partition coefficient (Wildman–Crippen LogP) is 1.82. The summed E-state index contributed by atoms with van der Waals surface area (Å²) in [5.41, 5.74) is 0. The quantitative estimate of drug-likeness (QED) is 0.311. The van der Waals surface area contributed by atoms with E-state index in [0.29, 0.717) is 4.20 Å². The number of rotatable bonds is 1. The van der Waals surface area contributed by atoms with Crippen LogP contribution in [-0.4, -0.2) is 4.20 Å². The summed E-state index contributed by atoms with van der Waals surface area (Å²) in [6.07, 6.45) is 3.62. The molecule has 0 aliphatic heterocycles. The molecule has 0 aromatic heterocycles. The average Bonchev–Trinajstić information content (AvgIpc) is 1.35. The first-order chi connectivity index (χ1) is 2.77. The SMILES string of the molecule is CC=CC(=S)S. The lowest BCUT2D eigenvalue weighted by atomic mass is 10.6. The highest BCUT2D eigenvalue weighted by Crippen LogP contribution is 1.83. The van der Waals surface area contributed by atoms with E-state index in [0.717, 1.165) is 0 Å². The smallest absolute Gasteiger partial charge is 0.0671 e. The van der Waals surface area contributed by atoms with Gasteiger partial charge in [0, 0.05) is 0 Å². The average molecular weight is 118 g/mol. The van der Waals surface area contributed by atoms with E-state index in [1.807, 2.05) is 13.0 Å². The molecule has 0 radical (unpaired) electrons. The standard InChI is InChI=1S/C4H6S2/c1-2-3-4(5)6/h2-3H,1H3,(H,5,6). The molecule has 0 rings (SSSR count). The maximum Gasteiger partial charge on any atom is 0.0671 e. The Kier molecular flexibility index (Phi) is 3.47. The van der Waals surface area contributed by atoms with E-state index in [9.17, 15) is 0 Å². The zero-order chi connectivity index (χ0) is 4.99. The molecular formula is C4H6S2. The summed E-state index contributed by atoms with van der Waals surface area (Å²) >= 11 is 8.39. The lowest BCUT2D eigenvalue weighted by Gasteiger charge is -1.71. The lowest BCUT2D eigenvalue weighted by molar-refractivity contribution is 1.78. The normalized spacial score (nSPS) is 9.67. The second-order valence-electron chi connectivity index (χ2n) is 0.838. The molecule has 0 fully saturated rings. The molecular weight excluding hydrogens is 112 g/mol. The van der Waals surface area contributed by atoms with Crippen molar-refractivity contribution in [3.63, 3.8) is 0 Å². The third-order valence-electron chi connectivity index (χ3n) is 0.309. The Morgan fingerprint density at radius 1 is 1.83 bits per heavy atom. The van der Waals surface area contributed by atoms with E-state index in [-0.39, 0.29) is 0 Å². The fourth-order valence-corrected chi connectivity index (χ4v) is 0.428. The van der Waals surface area contributed by atoms with Crippen LogP contribution in [0.15, 0.2) is 12.2 Å². The third kappa shape index (κ3) is 4.18. The lowest BCUT2D eigenvalue weighted by Crippen LogP contribution is -1.65. The Labute approximate surface area is 48.7 Å². The van der Waals surface area contributed by atoms with Gasteiger partial charge in [-0.25, -0.2) is 0 Å². The first kappa shape index (κ1) is 6.18. The maximum atomic E-state index is 4.57. The van der Waals surface area contributed by atoms with Gasteiger partial charge < -0.3 is 0 Å². The molecule has 34 valence electrons. The Morgan fingerprint density at radius 2 is 2.33 bits per heavy atom. The number of thiol groups is 1. The van der Waals surface area contributed by atoms with E-state index < -0.39 is 0 Å². The second kappa shape index (κ2) is 3.37. The fraction of sp³-hybridized carbons (Fsp3) is 0.250. The molecule has 0 aromatic carbocycles. The van der Waals surface area contributed by atoms with Crippen LogP contribution in [0.4, 0.5) is 0 Å². The molecule has 0 nitrogen and oxygen atoms in total. The predicted molar refractivity (Wildman–Crippen MR) is 36.4 cm³/mol. The molecule has 0 unspecified atom stereocenters. The third-order valence-corrected chi connectivity index (χ3v) is 0.594. The first-order valence-corrected chi connectivity index (χ1v) is 2.48. The topological polar surface area (TPSA) is 0 Å². The van der Waals surface area contributed by atoms with Crippen LogP contribution in [0.2, 0.25) is 0 Å². The first-order valence-electron chi connectivity index (χ1n) is 1.63. The number of thiocarbonyl (C=S) groups is 1. The van der Waals surface area contributed by atoms with Gasteiger partial charge in [-0.2, -0.15) is 0 Å². The molecule has 6 heavy (non-hydrogen) atoms. The summed E-state index contributed by atoms with van der Waals surface area (Å²) in [4.78, 5) is 0. The van der Waals surface area contributed by atoms with Crippen LogP contribution < -0.4 is 0 Å². The molecule has 0 saturated heterocycles. The molecule has 0 N–H and O–H groups in total. The summed E-state index contributed by atoms with van der Waals surface area (Å²) in [7, 11) is 0. The van der Waals surface area contributed by atoms with Crippen molar-refractivity contribution in [2.45, 2.75) is 6.92 Å². The van der Waals surface area contributed by atoms with Crippen molar-refractivity contribution in [3.05, 3.63) is 12.2 Å². The minimum Gasteiger partial charge on any atom is -0.132 e. The molecule has 0 amide bonds. The van der Waals surface area contributed by atoms with Gasteiger partial charge in [-0.05, 0) is 13.0 Å². The largest absolute Gasteiger partial charge is 0.132 e. The van der Waals surface area contributed by atoms with Crippen molar-refractivity contribution >= 4 is 29.0 Å². The van der Waals surface area contributed by atoms with E-state index >= 15 is 0 Å². The molecule has 0 aromatic rings. The number of hydrogen-bond acceptors (Lipinski definition) is 1. The van der Waals surface area contributed by atoms with Crippen LogP contribution in [0.3, 0.4) is 0 Å². The van der Waals surface area contributed by atoms with E-state index in [1.54, 1.807) is 6.08 Å². The minimum absolute atomic E-state index is 0.637. The summed E-state index contributed by atoms with van der Waals surface area (Å²) in [6.45, 7) is 1.91. The van der Waals surface area contributed by atoms with Gasteiger partial charge in [0.05, 0.1) is 4.20 Å². The van der Waals surface area contributed by atoms with Gasteiger partial charge in [0.25, 0.3) is 0 Å². The van der Waals surface area contributed by atoms with Crippen LogP contribution in [-0.2, 0) is 0 Å². The van der Waals surface area contributed by atoms with Crippen LogP contribution in [0.25, 0.3) is 0 Å². The minimum atomic E-state index is 0.637. The van der Waals surface area contributed by atoms with Crippen molar-refractivity contribution in [2.24, 2.45) is 0 Å². The molecule has 2 heteroatoms. The Balaban J connectivity index is 3.30. The highest BCUT2D eigenvalue weighted by atomic mass is 32.1. The van der Waals surface area contributed by atoms with Gasteiger partial charge in [0.15, 0.2) is 0 Å². The number of allylic oxidation sites excluding steroid dienone is 1. The highest BCUT2D eigenvalue weighted by Gasteiger charge is 1.68. The van der Waals surface area contributed by atoms with Crippen molar-refractivity contribution in [3.8, 4) is 0 Å². The molecule has 0 spiro atoms. The maximum absolute atomic E-state index is 4.57. The Hall–Kier alpha value is 0.180. The Morgan fingerprint density at radius 3 is 2.33 bits per heavy atom. The van der Waals surface area contributed by atoms with Gasteiger partial charge >= 0.3 is 0 Å². The monoisotopic (exact) mass is 118 g/mol. The van der Waals surface area contributed by atoms with Crippen molar-refractivity contribution in [2.75, 3.05) is 0 Å². The zero-order valence-electron chi connectivity index (χ0n) is 3.51. The fourth-order valence-electron chi connectivity index (χ4n) is 0.143. The van der Waals surface area contributed by atoms with Crippen LogP contribution in [0, 0.1) is 0 Å². The van der Waals surface area contributed by atoms with Gasteiger partial charge in [0.1, 0.15) is 0 Å². The van der Waals surface area contributed by atoms with E-state index in [4.69, 9.17) is 0 Å². The van der Waals surface area contributed by atoms with E-state index in [2.05, 4.69) is 24.8 Å². The molecule has 0 saturated carbocycles. The van der Waals surface area contributed by atoms with Crippen molar-refractivity contribution in [1.82, 2.24) is 0 Å². The summed E-state index contributed by atoms with van der Waals surface area (Å²) in [5, 5.41) is 0. The highest BCUT2D eigenvalue weighted by molar-refractivity contribution is 8.11. The second-order valence-corrected chi connectivity index (χ2v) is 2.06. The van der Waals surface area contributed by atoms with Gasteiger partial charge in [0.2, 0.25) is 0 Å². The summed E-state index contributed by atoms with van der Waals surface area (Å²) in [5.74, 6) is 0. The molecule has 0 aliphatic rings. The number of hydrogen-bond donors (Lipinski definition) is 1. The van der Waals surface area contributed by atoms with Gasteiger partial charge in [-0.3, -0.25) is 0 Å². The summed E-state index contributed by atoms with van der Waals surface area (Å²) in [6, 6.07) is 0. The Bertz CT molecular complexity index is 73.6. The summed E-state index contributed by atoms with van der Waals surface area (Å²) < 4.78 is 0.637. The molecule has 0 bridgehead atoms. The van der Waals surface area contributed by atoms with E-state index in [1.165, 1.54) is 0 Å². The molecule has 0 aliphatic carbocycles. The van der Waals surface area contributed by atoms with Crippen LogP contribution >= 0.6 is 24.8 Å². The zero-order valence-corrected chi connectivity index (χ0v) is 5.22. The van der Waals surface area contributed by atoms with Crippen LogP contribution in [0.1, 0.15) is 6.92 Å². The van der Waals surface area contributed by atoms with Crippen LogP contribution in [0.5, 0.6) is 0 Å². The van der Waals surface area contributed by atoms with Crippen molar-refractivity contribution < 1.29 is 0 Å². The molecule has 0 heterocycles. The van der Waals surface area contributed by atoms with Gasteiger partial charge in [-0.15, -0.1) is 12.6 Å². The molecule has 0 atom stereocenters. The van der Waals surface area contributed by atoms with Gasteiger partial charge in [-0.1, -0.05) is 18.3 Å². The van der Waals surface area contributed by atoms with Crippen molar-refractivity contribution in [1.29, 1.82) is 0 Å².